The zero-order valence-corrected chi connectivity index (χ0v) is 22.1. The van der Waals surface area contributed by atoms with Gasteiger partial charge in [-0.25, -0.2) is 9.59 Å². The first-order valence-electron chi connectivity index (χ1n) is 11.6. The van der Waals surface area contributed by atoms with Crippen molar-refractivity contribution in [1.82, 2.24) is 0 Å². The molecule has 3 aromatic carbocycles. The van der Waals surface area contributed by atoms with Crippen molar-refractivity contribution in [2.24, 2.45) is 0 Å². The van der Waals surface area contributed by atoms with Crippen LogP contribution in [-0.4, -0.2) is 26.2 Å². The standard InChI is InChI=1S/C28H30O4.C2H6/c1-15-13-17(3)25(27(29)31-7)19(5)23(15)21-9-11-22(12-10-21)24-16(2)14-18(4)26(20(24)6)28(30)32-8;1-2/h9-14H,1-8H3;1-2H3. The maximum absolute atomic E-state index is 12.3. The summed E-state index contributed by atoms with van der Waals surface area (Å²) in [7, 11) is 2.81. The molecular weight excluding hydrogens is 424 g/mol. The first kappa shape index (κ1) is 26.8. The van der Waals surface area contributed by atoms with Gasteiger partial charge in [0.05, 0.1) is 25.3 Å². The van der Waals surface area contributed by atoms with Gasteiger partial charge in [-0.05, 0) is 97.2 Å². The van der Waals surface area contributed by atoms with E-state index >= 15 is 0 Å². The van der Waals surface area contributed by atoms with Gasteiger partial charge in [-0.1, -0.05) is 50.2 Å². The topological polar surface area (TPSA) is 52.6 Å². The maximum atomic E-state index is 12.3. The van der Waals surface area contributed by atoms with Crippen LogP contribution in [0.3, 0.4) is 0 Å². The fourth-order valence-electron chi connectivity index (χ4n) is 4.90. The summed E-state index contributed by atoms with van der Waals surface area (Å²) >= 11 is 0. The van der Waals surface area contributed by atoms with E-state index in [0.717, 1.165) is 55.6 Å². The van der Waals surface area contributed by atoms with Crippen LogP contribution in [0.5, 0.6) is 0 Å². The van der Waals surface area contributed by atoms with Crippen molar-refractivity contribution in [1.29, 1.82) is 0 Å². The van der Waals surface area contributed by atoms with Gasteiger partial charge < -0.3 is 9.47 Å². The summed E-state index contributed by atoms with van der Waals surface area (Å²) < 4.78 is 10.0. The summed E-state index contributed by atoms with van der Waals surface area (Å²) in [6.07, 6.45) is 0. The van der Waals surface area contributed by atoms with Crippen LogP contribution in [0.25, 0.3) is 22.3 Å². The molecule has 4 heteroatoms. The summed E-state index contributed by atoms with van der Waals surface area (Å²) in [5.74, 6) is -0.641. The lowest BCUT2D eigenvalue weighted by Gasteiger charge is -2.18. The molecule has 0 fully saturated rings. The molecule has 3 aromatic rings. The third-order valence-corrected chi connectivity index (χ3v) is 6.18. The Labute approximate surface area is 203 Å². The molecule has 34 heavy (non-hydrogen) atoms. The number of esters is 2. The summed E-state index contributed by atoms with van der Waals surface area (Å²) in [5.41, 5.74) is 11.2. The Hall–Kier alpha value is -3.40. The molecule has 0 aliphatic rings. The highest BCUT2D eigenvalue weighted by Crippen LogP contribution is 2.36. The second-order valence-electron chi connectivity index (χ2n) is 8.33. The molecule has 3 rings (SSSR count). The van der Waals surface area contributed by atoms with E-state index in [-0.39, 0.29) is 11.9 Å². The number of ether oxygens (including phenoxy) is 2. The number of methoxy groups -OCH3 is 2. The molecular formula is C30H36O4. The fourth-order valence-corrected chi connectivity index (χ4v) is 4.90. The molecule has 0 aliphatic heterocycles. The number of carbonyl (C=O) groups excluding carboxylic acids is 2. The molecule has 0 aromatic heterocycles. The van der Waals surface area contributed by atoms with E-state index in [9.17, 15) is 9.59 Å². The van der Waals surface area contributed by atoms with Gasteiger partial charge in [0, 0.05) is 0 Å². The van der Waals surface area contributed by atoms with Crippen LogP contribution in [0.4, 0.5) is 0 Å². The summed E-state index contributed by atoms with van der Waals surface area (Å²) in [4.78, 5) is 24.7. The molecule has 0 spiro atoms. The molecule has 0 amide bonds. The zero-order chi connectivity index (χ0) is 25.7. The van der Waals surface area contributed by atoms with Crippen molar-refractivity contribution in [3.63, 3.8) is 0 Å². The van der Waals surface area contributed by atoms with Crippen molar-refractivity contribution >= 4 is 11.9 Å². The Kier molecular flexibility index (Phi) is 8.80. The Bertz CT molecular complexity index is 1120. The molecule has 4 nitrogen and oxygen atoms in total. The lowest BCUT2D eigenvalue weighted by atomic mass is 9.86. The van der Waals surface area contributed by atoms with Crippen molar-refractivity contribution < 1.29 is 19.1 Å². The minimum atomic E-state index is -0.320. The molecule has 0 saturated carbocycles. The molecule has 0 N–H and O–H groups in total. The quantitative estimate of drug-likeness (QED) is 0.379. The lowest BCUT2D eigenvalue weighted by molar-refractivity contribution is 0.0590. The first-order chi connectivity index (χ1) is 16.1. The molecule has 0 atom stereocenters. The minimum absolute atomic E-state index is 0.320. The molecule has 0 aliphatic carbocycles. The molecule has 0 heterocycles. The van der Waals surface area contributed by atoms with Gasteiger partial charge in [0.15, 0.2) is 0 Å². The number of carbonyl (C=O) groups is 2. The monoisotopic (exact) mass is 460 g/mol. The molecule has 0 saturated heterocycles. The lowest BCUT2D eigenvalue weighted by Crippen LogP contribution is -2.09. The van der Waals surface area contributed by atoms with Crippen LogP contribution in [0, 0.1) is 41.5 Å². The highest BCUT2D eigenvalue weighted by molar-refractivity contribution is 5.97. The van der Waals surface area contributed by atoms with Gasteiger partial charge in [0.2, 0.25) is 0 Å². The van der Waals surface area contributed by atoms with Gasteiger partial charge in [0.1, 0.15) is 0 Å². The van der Waals surface area contributed by atoms with Gasteiger partial charge in [0.25, 0.3) is 0 Å². The van der Waals surface area contributed by atoms with Gasteiger partial charge in [-0.15, -0.1) is 0 Å². The SMILES string of the molecule is CC.COC(=O)c1c(C)cc(C)c(-c2ccc(-c3c(C)cc(C)c(C(=O)OC)c3C)cc2)c1C. The Morgan fingerprint density at radius 1 is 0.559 bits per heavy atom. The van der Waals surface area contributed by atoms with Crippen LogP contribution in [0.2, 0.25) is 0 Å². The maximum Gasteiger partial charge on any atom is 0.338 e. The van der Waals surface area contributed by atoms with Crippen molar-refractivity contribution in [2.75, 3.05) is 14.2 Å². The van der Waals surface area contributed by atoms with E-state index in [1.807, 2.05) is 53.7 Å². The smallest absolute Gasteiger partial charge is 0.338 e. The Morgan fingerprint density at radius 2 is 0.853 bits per heavy atom. The summed E-state index contributed by atoms with van der Waals surface area (Å²) in [5, 5.41) is 0. The van der Waals surface area contributed by atoms with E-state index in [0.29, 0.717) is 11.1 Å². The van der Waals surface area contributed by atoms with E-state index < -0.39 is 0 Å². The Morgan fingerprint density at radius 3 is 1.12 bits per heavy atom. The number of hydrogen-bond acceptors (Lipinski definition) is 4. The van der Waals surface area contributed by atoms with E-state index in [2.05, 4.69) is 38.1 Å². The number of hydrogen-bond donors (Lipinski definition) is 0. The number of aryl methyl sites for hydroxylation is 4. The van der Waals surface area contributed by atoms with Gasteiger partial charge in [-0.3, -0.25) is 0 Å². The van der Waals surface area contributed by atoms with Crippen LogP contribution < -0.4 is 0 Å². The molecule has 0 bridgehead atoms. The summed E-state index contributed by atoms with van der Waals surface area (Å²) in [6, 6.07) is 12.3. The predicted octanol–water partition coefficient (Wildman–Crippen LogP) is 7.47. The largest absolute Gasteiger partial charge is 0.465 e. The zero-order valence-electron chi connectivity index (χ0n) is 22.1. The second-order valence-corrected chi connectivity index (χ2v) is 8.33. The van der Waals surface area contributed by atoms with Gasteiger partial charge in [-0.2, -0.15) is 0 Å². The highest BCUT2D eigenvalue weighted by Gasteiger charge is 2.20. The molecule has 180 valence electrons. The molecule has 0 radical (unpaired) electrons. The van der Waals surface area contributed by atoms with Gasteiger partial charge >= 0.3 is 11.9 Å². The van der Waals surface area contributed by atoms with Crippen molar-refractivity contribution in [3.05, 3.63) is 80.9 Å². The van der Waals surface area contributed by atoms with E-state index in [1.165, 1.54) is 14.2 Å². The highest BCUT2D eigenvalue weighted by atomic mass is 16.5. The second kappa shape index (κ2) is 11.1. The summed E-state index contributed by atoms with van der Waals surface area (Å²) in [6.45, 7) is 15.9. The van der Waals surface area contributed by atoms with E-state index in [1.54, 1.807) is 0 Å². The average Bonchev–Trinajstić information content (AvgIpc) is 2.80. The van der Waals surface area contributed by atoms with Crippen LogP contribution >= 0.6 is 0 Å². The average molecular weight is 461 g/mol. The normalized spacial score (nSPS) is 10.3. The van der Waals surface area contributed by atoms with Crippen molar-refractivity contribution in [2.45, 2.75) is 55.4 Å². The first-order valence-corrected chi connectivity index (χ1v) is 11.6. The van der Waals surface area contributed by atoms with Crippen LogP contribution in [-0.2, 0) is 9.47 Å². The number of rotatable bonds is 4. The minimum Gasteiger partial charge on any atom is -0.465 e. The third kappa shape index (κ3) is 4.91. The predicted molar refractivity (Wildman–Crippen MR) is 140 cm³/mol. The molecule has 0 unspecified atom stereocenters. The van der Waals surface area contributed by atoms with E-state index in [4.69, 9.17) is 9.47 Å². The number of benzene rings is 3. The van der Waals surface area contributed by atoms with Crippen LogP contribution in [0.15, 0.2) is 36.4 Å². The fraction of sp³-hybridized carbons (Fsp3) is 0.333. The van der Waals surface area contributed by atoms with Crippen molar-refractivity contribution in [3.8, 4) is 22.3 Å². The third-order valence-electron chi connectivity index (χ3n) is 6.18. The van der Waals surface area contributed by atoms with Crippen LogP contribution in [0.1, 0.15) is 67.9 Å². The Balaban J connectivity index is 0.00000199.